The van der Waals surface area contributed by atoms with Crippen molar-refractivity contribution in [3.63, 3.8) is 0 Å². The average molecular weight is 433 g/mol. The van der Waals surface area contributed by atoms with Crippen molar-refractivity contribution in [3.8, 4) is 0 Å². The van der Waals surface area contributed by atoms with Crippen molar-refractivity contribution in [2.24, 2.45) is 0 Å². The molecule has 0 amide bonds. The average Bonchev–Trinajstić information content (AvgIpc) is 3.40. The van der Waals surface area contributed by atoms with Crippen LogP contribution in [0, 0.1) is 0 Å². The molecule has 3 heterocycles. The molecule has 0 atom stereocenters. The van der Waals surface area contributed by atoms with Crippen molar-refractivity contribution in [2.75, 3.05) is 12.4 Å². The van der Waals surface area contributed by atoms with Gasteiger partial charge in [-0.2, -0.15) is 0 Å². The second-order valence-electron chi connectivity index (χ2n) is 6.71. The SMILES string of the molecule is CCOC(=O)CC(=O)CSc1nc2sc3c(c2c(=O)n1Cc1ccco1)CCC3. The lowest BCUT2D eigenvalue weighted by Crippen LogP contribution is -2.24. The van der Waals surface area contributed by atoms with E-state index in [1.165, 1.54) is 16.6 Å². The molecule has 0 N–H and O–H groups in total. The van der Waals surface area contributed by atoms with E-state index in [9.17, 15) is 14.4 Å². The van der Waals surface area contributed by atoms with Gasteiger partial charge in [0.15, 0.2) is 10.9 Å². The van der Waals surface area contributed by atoms with Gasteiger partial charge in [-0.1, -0.05) is 11.8 Å². The van der Waals surface area contributed by atoms with Crippen LogP contribution in [0.3, 0.4) is 0 Å². The molecule has 0 aromatic carbocycles. The monoisotopic (exact) mass is 432 g/mol. The van der Waals surface area contributed by atoms with Crippen LogP contribution in [0.2, 0.25) is 0 Å². The van der Waals surface area contributed by atoms with Crippen LogP contribution in [0.25, 0.3) is 10.2 Å². The molecule has 0 spiro atoms. The zero-order valence-electron chi connectivity index (χ0n) is 15.9. The Balaban J connectivity index is 1.65. The van der Waals surface area contributed by atoms with Gasteiger partial charge in [0.05, 0.1) is 30.6 Å². The number of carbonyl (C=O) groups excluding carboxylic acids is 2. The number of carbonyl (C=O) groups is 2. The van der Waals surface area contributed by atoms with Gasteiger partial charge in [0.1, 0.15) is 17.0 Å². The maximum Gasteiger partial charge on any atom is 0.313 e. The number of rotatable bonds is 8. The molecule has 9 heteroatoms. The van der Waals surface area contributed by atoms with Gasteiger partial charge >= 0.3 is 5.97 Å². The van der Waals surface area contributed by atoms with Crippen LogP contribution >= 0.6 is 23.1 Å². The number of thioether (sulfide) groups is 1. The first-order chi connectivity index (χ1) is 14.1. The van der Waals surface area contributed by atoms with Gasteiger partial charge in [-0.15, -0.1) is 11.3 Å². The number of nitrogens with zero attached hydrogens (tertiary/aromatic N) is 2. The quantitative estimate of drug-likeness (QED) is 0.234. The van der Waals surface area contributed by atoms with Crippen LogP contribution in [0.15, 0.2) is 32.8 Å². The Kier molecular flexibility index (Phi) is 5.86. The highest BCUT2D eigenvalue weighted by atomic mass is 32.2. The van der Waals surface area contributed by atoms with Crippen molar-refractivity contribution >= 4 is 45.1 Å². The van der Waals surface area contributed by atoms with E-state index in [1.807, 2.05) is 0 Å². The highest BCUT2D eigenvalue weighted by Gasteiger charge is 2.24. The third-order valence-corrected chi connectivity index (χ3v) is 6.91. The zero-order valence-corrected chi connectivity index (χ0v) is 17.6. The predicted molar refractivity (Wildman–Crippen MR) is 111 cm³/mol. The normalized spacial score (nSPS) is 13.0. The highest BCUT2D eigenvalue weighted by molar-refractivity contribution is 7.99. The number of ketones is 1. The number of furan rings is 1. The summed E-state index contributed by atoms with van der Waals surface area (Å²) in [5.74, 6) is -0.120. The standard InChI is InChI=1S/C20H20N2O5S2/c1-2-26-16(24)9-12(23)11-28-20-21-18-17(14-6-3-7-15(14)29-18)19(25)22(20)10-13-5-4-8-27-13/h4-5,8H,2-3,6-7,9-11H2,1H3. The van der Waals surface area contributed by atoms with E-state index in [0.717, 1.165) is 29.7 Å². The van der Waals surface area contributed by atoms with Gasteiger partial charge in [0.25, 0.3) is 5.56 Å². The van der Waals surface area contributed by atoms with Crippen LogP contribution in [0.1, 0.15) is 36.0 Å². The number of aryl methyl sites for hydroxylation is 2. The Morgan fingerprint density at radius 2 is 2.24 bits per heavy atom. The Bertz CT molecular complexity index is 1110. The molecule has 29 heavy (non-hydrogen) atoms. The Morgan fingerprint density at radius 3 is 3.00 bits per heavy atom. The number of esters is 1. The molecular formula is C20H20N2O5S2. The fraction of sp³-hybridized carbons (Fsp3) is 0.400. The third-order valence-electron chi connectivity index (χ3n) is 4.69. The molecule has 1 aliphatic carbocycles. The number of aromatic nitrogens is 2. The van der Waals surface area contributed by atoms with Crippen molar-refractivity contribution in [2.45, 2.75) is 44.3 Å². The fourth-order valence-electron chi connectivity index (χ4n) is 3.44. The minimum absolute atomic E-state index is 0.0417. The van der Waals surface area contributed by atoms with Crippen LogP contribution in [-0.4, -0.2) is 33.7 Å². The fourth-order valence-corrected chi connectivity index (χ4v) is 5.60. The minimum Gasteiger partial charge on any atom is -0.467 e. The zero-order chi connectivity index (χ0) is 20.4. The predicted octanol–water partition coefficient (Wildman–Crippen LogP) is 3.20. The lowest BCUT2D eigenvalue weighted by atomic mass is 10.2. The maximum atomic E-state index is 13.3. The highest BCUT2D eigenvalue weighted by Crippen LogP contribution is 2.35. The van der Waals surface area contributed by atoms with Crippen molar-refractivity contribution in [1.82, 2.24) is 9.55 Å². The Labute approximate surface area is 175 Å². The summed E-state index contributed by atoms with van der Waals surface area (Å²) in [5, 5.41) is 1.15. The Hall–Kier alpha value is -2.39. The first-order valence-electron chi connectivity index (χ1n) is 9.44. The van der Waals surface area contributed by atoms with Gasteiger partial charge in [0.2, 0.25) is 0 Å². The molecule has 0 saturated heterocycles. The molecule has 3 aromatic heterocycles. The van der Waals surface area contributed by atoms with Gasteiger partial charge < -0.3 is 9.15 Å². The van der Waals surface area contributed by atoms with Crippen LogP contribution in [-0.2, 0) is 33.7 Å². The molecule has 0 bridgehead atoms. The number of fused-ring (bicyclic) bond motifs is 3. The summed E-state index contributed by atoms with van der Waals surface area (Å²) in [4.78, 5) is 43.6. The van der Waals surface area contributed by atoms with Crippen molar-refractivity contribution < 1.29 is 18.7 Å². The van der Waals surface area contributed by atoms with Gasteiger partial charge in [-0.3, -0.25) is 19.0 Å². The number of thiophene rings is 1. The second kappa shape index (κ2) is 8.54. The van der Waals surface area contributed by atoms with E-state index in [1.54, 1.807) is 41.2 Å². The number of hydrogen-bond acceptors (Lipinski definition) is 8. The first-order valence-corrected chi connectivity index (χ1v) is 11.2. The maximum absolute atomic E-state index is 13.3. The van der Waals surface area contributed by atoms with Crippen molar-refractivity contribution in [1.29, 1.82) is 0 Å². The molecule has 3 aromatic rings. The molecule has 0 saturated carbocycles. The molecule has 0 radical (unpaired) electrons. The van der Waals surface area contributed by atoms with Gasteiger partial charge in [0, 0.05) is 4.88 Å². The van der Waals surface area contributed by atoms with Gasteiger partial charge in [-0.25, -0.2) is 4.98 Å². The van der Waals surface area contributed by atoms with Crippen LogP contribution in [0.4, 0.5) is 0 Å². The number of ether oxygens (including phenoxy) is 1. The lowest BCUT2D eigenvalue weighted by Gasteiger charge is -2.11. The molecule has 0 fully saturated rings. The summed E-state index contributed by atoms with van der Waals surface area (Å²) >= 11 is 2.73. The van der Waals surface area contributed by atoms with Crippen molar-refractivity contribution in [3.05, 3.63) is 45.0 Å². The summed E-state index contributed by atoms with van der Waals surface area (Å²) in [7, 11) is 0. The first kappa shape index (κ1) is 19.9. The molecular weight excluding hydrogens is 412 g/mol. The van der Waals surface area contributed by atoms with E-state index < -0.39 is 5.97 Å². The summed E-state index contributed by atoms with van der Waals surface area (Å²) < 4.78 is 11.8. The third kappa shape index (κ3) is 4.16. The summed E-state index contributed by atoms with van der Waals surface area (Å²) in [6.07, 6.45) is 4.22. The van der Waals surface area contributed by atoms with E-state index in [2.05, 4.69) is 0 Å². The molecule has 152 valence electrons. The van der Waals surface area contributed by atoms with Crippen LogP contribution < -0.4 is 5.56 Å². The van der Waals surface area contributed by atoms with E-state index in [0.29, 0.717) is 16.3 Å². The molecule has 4 rings (SSSR count). The van der Waals surface area contributed by atoms with Gasteiger partial charge in [-0.05, 0) is 43.9 Å². The molecule has 0 aliphatic heterocycles. The van der Waals surface area contributed by atoms with Crippen LogP contribution in [0.5, 0.6) is 0 Å². The Morgan fingerprint density at radius 1 is 1.38 bits per heavy atom. The topological polar surface area (TPSA) is 91.4 Å². The lowest BCUT2D eigenvalue weighted by molar-refractivity contribution is -0.145. The van der Waals surface area contributed by atoms with E-state index in [4.69, 9.17) is 14.1 Å². The smallest absolute Gasteiger partial charge is 0.313 e. The number of Topliss-reactive ketones (excluding diaryl/α,β-unsaturated/α-hetero) is 1. The summed E-state index contributed by atoms with van der Waals surface area (Å²) in [6.45, 7) is 2.18. The summed E-state index contributed by atoms with van der Waals surface area (Å²) in [6, 6.07) is 3.57. The second-order valence-corrected chi connectivity index (χ2v) is 8.74. The van der Waals surface area contributed by atoms with E-state index in [-0.39, 0.29) is 36.7 Å². The molecule has 0 unspecified atom stereocenters. The van der Waals surface area contributed by atoms with E-state index >= 15 is 0 Å². The summed E-state index contributed by atoms with van der Waals surface area (Å²) in [5.41, 5.74) is 1.01. The minimum atomic E-state index is -0.538. The molecule has 1 aliphatic rings. The largest absolute Gasteiger partial charge is 0.467 e. The molecule has 7 nitrogen and oxygen atoms in total. The number of hydrogen-bond donors (Lipinski definition) is 0.